The van der Waals surface area contributed by atoms with Crippen LogP contribution in [0, 0.1) is 0 Å². The summed E-state index contributed by atoms with van der Waals surface area (Å²) in [6.07, 6.45) is 1.06. The molecule has 1 aromatic carbocycles. The summed E-state index contributed by atoms with van der Waals surface area (Å²) in [5.74, 6) is 0. The average Bonchev–Trinajstić information content (AvgIpc) is 2.66. The second kappa shape index (κ2) is 4.08. The van der Waals surface area contributed by atoms with Crippen LogP contribution < -0.4 is 0 Å². The quantitative estimate of drug-likeness (QED) is 0.475. The zero-order chi connectivity index (χ0) is 13.6. The molecule has 2 aromatic rings. The maximum atomic E-state index is 13.6. The molecule has 96 valence electrons. The van der Waals surface area contributed by atoms with E-state index >= 15 is 0 Å². The van der Waals surface area contributed by atoms with Crippen LogP contribution in [-0.4, -0.2) is 15.7 Å². The van der Waals surface area contributed by atoms with Crippen molar-refractivity contribution in [3.8, 4) is 0 Å². The lowest BCUT2D eigenvalue weighted by Crippen LogP contribution is -2.37. The molecule has 7 heteroatoms. The standard InChI is InChI=1S/C11H6BrF4NO/c12-10(13,14)11(15,16)17-5-7(6-18)8-3-1-2-4-9(8)17/h1-6H. The predicted molar refractivity (Wildman–Crippen MR) is 61.4 cm³/mol. The van der Waals surface area contributed by atoms with Crippen molar-refractivity contribution < 1.29 is 22.4 Å². The first-order valence-corrected chi connectivity index (χ1v) is 5.58. The van der Waals surface area contributed by atoms with Crippen molar-refractivity contribution in [2.45, 2.75) is 10.9 Å². The maximum Gasteiger partial charge on any atom is 0.402 e. The summed E-state index contributed by atoms with van der Waals surface area (Å²) in [5, 5.41) is 0.198. The fraction of sp³-hybridized carbons (Fsp3) is 0.182. The van der Waals surface area contributed by atoms with E-state index in [-0.39, 0.29) is 21.0 Å². The van der Waals surface area contributed by atoms with Gasteiger partial charge in [-0.05, 0) is 22.0 Å². The van der Waals surface area contributed by atoms with Gasteiger partial charge in [0.05, 0.1) is 5.52 Å². The number of rotatable bonds is 3. The van der Waals surface area contributed by atoms with Gasteiger partial charge in [0.15, 0.2) is 6.29 Å². The van der Waals surface area contributed by atoms with Crippen LogP contribution in [0.4, 0.5) is 17.6 Å². The van der Waals surface area contributed by atoms with Crippen LogP contribution >= 0.6 is 15.9 Å². The number of benzene rings is 1. The van der Waals surface area contributed by atoms with E-state index in [1.54, 1.807) is 15.9 Å². The molecule has 0 bridgehead atoms. The van der Waals surface area contributed by atoms with Crippen molar-refractivity contribution in [1.82, 2.24) is 4.57 Å². The summed E-state index contributed by atoms with van der Waals surface area (Å²) in [6.45, 7) is 0. The lowest BCUT2D eigenvalue weighted by atomic mass is 10.2. The first kappa shape index (κ1) is 13.1. The van der Waals surface area contributed by atoms with Gasteiger partial charge in [-0.3, -0.25) is 9.36 Å². The zero-order valence-electron chi connectivity index (χ0n) is 8.71. The number of carbonyl (C=O) groups excluding carboxylic acids is 1. The van der Waals surface area contributed by atoms with Crippen molar-refractivity contribution in [3.05, 3.63) is 36.0 Å². The molecule has 0 radical (unpaired) electrons. The number of hydrogen-bond donors (Lipinski definition) is 0. The van der Waals surface area contributed by atoms with Crippen LogP contribution in [0.25, 0.3) is 10.9 Å². The van der Waals surface area contributed by atoms with Gasteiger partial charge >= 0.3 is 10.9 Å². The highest BCUT2D eigenvalue weighted by Crippen LogP contribution is 2.45. The number of para-hydroxylation sites is 1. The van der Waals surface area contributed by atoms with Gasteiger partial charge < -0.3 is 0 Å². The molecule has 0 aliphatic rings. The average molecular weight is 324 g/mol. The molecule has 18 heavy (non-hydrogen) atoms. The van der Waals surface area contributed by atoms with Gasteiger partial charge in [-0.2, -0.15) is 17.6 Å². The molecule has 2 rings (SSSR count). The minimum absolute atomic E-state index is 0.0676. The molecule has 0 N–H and O–H groups in total. The molecule has 0 atom stereocenters. The number of nitrogens with zero attached hydrogens (tertiary/aromatic N) is 1. The van der Waals surface area contributed by atoms with E-state index in [4.69, 9.17) is 0 Å². The molecule has 0 spiro atoms. The fourth-order valence-electron chi connectivity index (χ4n) is 1.67. The molecule has 0 aliphatic carbocycles. The molecule has 0 unspecified atom stereocenters. The van der Waals surface area contributed by atoms with Crippen LogP contribution in [0.5, 0.6) is 0 Å². The number of carbonyl (C=O) groups is 1. The number of alkyl halides is 5. The summed E-state index contributed by atoms with van der Waals surface area (Å²) in [5.41, 5.74) is -0.203. The van der Waals surface area contributed by atoms with Crippen LogP contribution in [0.15, 0.2) is 30.5 Å². The van der Waals surface area contributed by atoms with Gasteiger partial charge in [-0.15, -0.1) is 0 Å². The van der Waals surface area contributed by atoms with E-state index < -0.39 is 10.9 Å². The normalized spacial score (nSPS) is 12.9. The molecule has 2 nitrogen and oxygen atoms in total. The van der Waals surface area contributed by atoms with Crippen LogP contribution in [0.3, 0.4) is 0 Å². The molecule has 0 saturated heterocycles. The van der Waals surface area contributed by atoms with Gasteiger partial charge in [0.1, 0.15) is 0 Å². The molecule has 1 heterocycles. The third-order valence-corrected chi connectivity index (χ3v) is 2.99. The molecule has 1 aromatic heterocycles. The zero-order valence-corrected chi connectivity index (χ0v) is 10.3. The topological polar surface area (TPSA) is 22.0 Å². The summed E-state index contributed by atoms with van der Waals surface area (Å²) in [4.78, 5) is 6.34. The van der Waals surface area contributed by atoms with Gasteiger partial charge in [-0.25, -0.2) is 0 Å². The van der Waals surface area contributed by atoms with Gasteiger partial charge in [0.2, 0.25) is 0 Å². The van der Waals surface area contributed by atoms with E-state index in [1.807, 2.05) is 0 Å². The number of aromatic nitrogens is 1. The molecule has 0 amide bonds. The minimum Gasteiger partial charge on any atom is -0.298 e. The van der Waals surface area contributed by atoms with Crippen molar-refractivity contribution in [1.29, 1.82) is 0 Å². The third-order valence-electron chi connectivity index (χ3n) is 2.51. The molecule has 0 aliphatic heterocycles. The van der Waals surface area contributed by atoms with E-state index in [2.05, 4.69) is 0 Å². The second-order valence-corrected chi connectivity index (χ2v) is 4.62. The Morgan fingerprint density at radius 3 is 2.33 bits per heavy atom. The largest absolute Gasteiger partial charge is 0.402 e. The lowest BCUT2D eigenvalue weighted by molar-refractivity contribution is -0.203. The van der Waals surface area contributed by atoms with E-state index in [1.165, 1.54) is 24.3 Å². The molecular formula is C11H6BrF4NO. The molecule has 0 fully saturated rings. The van der Waals surface area contributed by atoms with Gasteiger partial charge in [-0.1, -0.05) is 18.2 Å². The first-order valence-electron chi connectivity index (χ1n) is 4.79. The Balaban J connectivity index is 2.77. The highest BCUT2D eigenvalue weighted by molar-refractivity contribution is 9.10. The Bertz CT molecular complexity index is 603. The third kappa shape index (κ3) is 1.82. The monoisotopic (exact) mass is 323 g/mol. The highest BCUT2D eigenvalue weighted by atomic mass is 79.9. The van der Waals surface area contributed by atoms with Crippen molar-refractivity contribution in [2.24, 2.45) is 0 Å². The molecular weight excluding hydrogens is 318 g/mol. The number of fused-ring (bicyclic) bond motifs is 1. The highest BCUT2D eigenvalue weighted by Gasteiger charge is 2.56. The Hall–Kier alpha value is -1.37. The van der Waals surface area contributed by atoms with Crippen molar-refractivity contribution in [2.75, 3.05) is 0 Å². The second-order valence-electron chi connectivity index (χ2n) is 3.63. The van der Waals surface area contributed by atoms with Crippen molar-refractivity contribution in [3.63, 3.8) is 0 Å². The SMILES string of the molecule is O=Cc1cn(C(F)(F)C(F)(F)Br)c2ccccc12. The number of halogens is 5. The molecule has 0 saturated carbocycles. The van der Waals surface area contributed by atoms with Crippen LogP contribution in [0.2, 0.25) is 0 Å². The van der Waals surface area contributed by atoms with E-state index in [9.17, 15) is 22.4 Å². The van der Waals surface area contributed by atoms with Gasteiger partial charge in [0, 0.05) is 17.1 Å². The number of aldehydes is 1. The summed E-state index contributed by atoms with van der Waals surface area (Å²) in [6, 6.07) is 1.14. The predicted octanol–water partition coefficient (Wildman–Crippen LogP) is 3.99. The van der Waals surface area contributed by atoms with Crippen molar-refractivity contribution >= 4 is 33.1 Å². The Morgan fingerprint density at radius 2 is 1.78 bits per heavy atom. The van der Waals surface area contributed by atoms with Crippen LogP contribution in [0.1, 0.15) is 10.4 Å². The summed E-state index contributed by atoms with van der Waals surface area (Å²) in [7, 11) is 0. The fourth-order valence-corrected chi connectivity index (χ4v) is 1.86. The smallest absolute Gasteiger partial charge is 0.298 e. The first-order chi connectivity index (χ1) is 8.29. The van der Waals surface area contributed by atoms with E-state index in [0.717, 1.165) is 0 Å². The number of hydrogen-bond acceptors (Lipinski definition) is 1. The maximum absolute atomic E-state index is 13.6. The Labute approximate surface area is 107 Å². The minimum atomic E-state index is -4.48. The summed E-state index contributed by atoms with van der Waals surface area (Å²) < 4.78 is 53.1. The lowest BCUT2D eigenvalue weighted by Gasteiger charge is -2.23. The van der Waals surface area contributed by atoms with E-state index in [0.29, 0.717) is 12.5 Å². The van der Waals surface area contributed by atoms with Crippen LogP contribution in [-0.2, 0) is 6.05 Å². The Kier molecular flexibility index (Phi) is 2.96. The van der Waals surface area contributed by atoms with Gasteiger partial charge in [0.25, 0.3) is 0 Å². The summed E-state index contributed by atoms with van der Waals surface area (Å²) >= 11 is 1.66. The Morgan fingerprint density at radius 1 is 1.17 bits per heavy atom.